The van der Waals surface area contributed by atoms with Gasteiger partial charge in [0, 0.05) is 16.7 Å². The molecule has 0 spiro atoms. The monoisotopic (exact) mass is 237 g/mol. The van der Waals surface area contributed by atoms with Crippen molar-refractivity contribution in [1.82, 2.24) is 9.61 Å². The molecule has 2 aromatic rings. The molecule has 0 radical (unpaired) electrons. The van der Waals surface area contributed by atoms with E-state index in [-0.39, 0.29) is 0 Å². The summed E-state index contributed by atoms with van der Waals surface area (Å²) in [5, 5.41) is 4.02. The first-order chi connectivity index (χ1) is 6.31. The summed E-state index contributed by atoms with van der Waals surface area (Å²) in [5.74, 6) is 0.363. The lowest BCUT2D eigenvalue weighted by atomic mass is 10.4. The van der Waals surface area contributed by atoms with E-state index in [0.29, 0.717) is 5.82 Å². The number of carbonyl (C=O) groups excluding carboxylic acids is 1. The van der Waals surface area contributed by atoms with Crippen molar-refractivity contribution in [2.24, 2.45) is 4.99 Å². The van der Waals surface area contributed by atoms with Gasteiger partial charge in [0.2, 0.25) is 6.08 Å². The summed E-state index contributed by atoms with van der Waals surface area (Å²) >= 11 is 3.36. The Labute approximate surface area is 82.0 Å². The Kier molecular flexibility index (Phi) is 1.96. The van der Waals surface area contributed by atoms with Crippen LogP contribution in [0.3, 0.4) is 0 Å². The topological polar surface area (TPSA) is 46.7 Å². The van der Waals surface area contributed by atoms with Gasteiger partial charge < -0.3 is 0 Å². The molecule has 0 unspecified atom stereocenters. The van der Waals surface area contributed by atoms with Crippen molar-refractivity contribution >= 4 is 33.3 Å². The van der Waals surface area contributed by atoms with Gasteiger partial charge in [-0.05, 0) is 28.1 Å². The second kappa shape index (κ2) is 3.12. The van der Waals surface area contributed by atoms with E-state index in [9.17, 15) is 4.79 Å². The van der Waals surface area contributed by atoms with E-state index in [4.69, 9.17) is 0 Å². The van der Waals surface area contributed by atoms with Gasteiger partial charge in [-0.25, -0.2) is 9.31 Å². The van der Waals surface area contributed by atoms with E-state index in [1.165, 1.54) is 6.08 Å². The van der Waals surface area contributed by atoms with Crippen molar-refractivity contribution in [1.29, 1.82) is 0 Å². The predicted octanol–water partition coefficient (Wildman–Crippen LogP) is 2.06. The highest BCUT2D eigenvalue weighted by Gasteiger charge is 2.02. The first kappa shape index (κ1) is 8.16. The third-order valence-corrected chi connectivity index (χ3v) is 2.27. The number of pyridine rings is 1. The molecule has 0 saturated carbocycles. The number of aliphatic imine (C=N–C) groups is 1. The molecule has 0 N–H and O–H groups in total. The summed E-state index contributed by atoms with van der Waals surface area (Å²) in [6.07, 6.45) is 3.23. The highest BCUT2D eigenvalue weighted by atomic mass is 79.9. The van der Waals surface area contributed by atoms with Gasteiger partial charge in [0.05, 0.1) is 5.52 Å². The van der Waals surface area contributed by atoms with Gasteiger partial charge in [-0.3, -0.25) is 0 Å². The maximum absolute atomic E-state index is 9.98. The Balaban J connectivity index is 2.75. The summed E-state index contributed by atoms with van der Waals surface area (Å²) in [6, 6.07) is 5.44. The molecule has 2 aromatic heterocycles. The van der Waals surface area contributed by atoms with Gasteiger partial charge in [-0.15, -0.1) is 10.1 Å². The number of isocyanates is 1. The van der Waals surface area contributed by atoms with Crippen LogP contribution in [0.2, 0.25) is 0 Å². The predicted molar refractivity (Wildman–Crippen MR) is 50.7 cm³/mol. The molecule has 64 valence electrons. The lowest BCUT2D eigenvalue weighted by Crippen LogP contribution is -1.84. The van der Waals surface area contributed by atoms with Crippen LogP contribution in [0.1, 0.15) is 0 Å². The minimum absolute atomic E-state index is 0.363. The van der Waals surface area contributed by atoms with Crippen molar-refractivity contribution in [2.45, 2.75) is 0 Å². The van der Waals surface area contributed by atoms with Crippen LogP contribution in [0.15, 0.2) is 33.9 Å². The van der Waals surface area contributed by atoms with Crippen LogP contribution in [-0.4, -0.2) is 15.7 Å². The third kappa shape index (κ3) is 1.39. The Morgan fingerprint density at radius 1 is 1.62 bits per heavy atom. The second-order valence-electron chi connectivity index (χ2n) is 2.39. The van der Waals surface area contributed by atoms with Gasteiger partial charge in [0.25, 0.3) is 0 Å². The molecular formula is C8H4BrN3O. The molecule has 5 heteroatoms. The van der Waals surface area contributed by atoms with Crippen molar-refractivity contribution < 1.29 is 4.79 Å². The Morgan fingerprint density at radius 2 is 2.46 bits per heavy atom. The molecule has 0 aliphatic carbocycles. The fraction of sp³-hybridized carbons (Fsp3) is 0. The van der Waals surface area contributed by atoms with Crippen LogP contribution in [0, 0.1) is 0 Å². The highest BCUT2D eigenvalue weighted by molar-refractivity contribution is 9.10. The van der Waals surface area contributed by atoms with Crippen LogP contribution in [-0.2, 0) is 4.79 Å². The second-order valence-corrected chi connectivity index (χ2v) is 3.25. The summed E-state index contributed by atoms with van der Waals surface area (Å²) in [7, 11) is 0. The molecule has 0 aliphatic rings. The third-order valence-electron chi connectivity index (χ3n) is 1.60. The number of rotatable bonds is 1. The number of aromatic nitrogens is 2. The maximum Gasteiger partial charge on any atom is 0.242 e. The molecule has 0 aromatic carbocycles. The number of nitrogens with zero attached hydrogens (tertiary/aromatic N) is 3. The number of halogens is 1. The minimum Gasteiger partial charge on any atom is -0.238 e. The van der Waals surface area contributed by atoms with E-state index < -0.39 is 0 Å². The highest BCUT2D eigenvalue weighted by Crippen LogP contribution is 2.21. The van der Waals surface area contributed by atoms with Crippen LogP contribution < -0.4 is 0 Å². The largest absolute Gasteiger partial charge is 0.242 e. The molecule has 0 atom stereocenters. The minimum atomic E-state index is 0.363. The lowest BCUT2D eigenvalue weighted by Gasteiger charge is -1.92. The van der Waals surface area contributed by atoms with Crippen LogP contribution in [0.25, 0.3) is 5.52 Å². The summed E-state index contributed by atoms with van der Waals surface area (Å²) < 4.78 is 2.55. The van der Waals surface area contributed by atoms with Gasteiger partial charge in [-0.2, -0.15) is 0 Å². The summed E-state index contributed by atoms with van der Waals surface area (Å²) in [4.78, 5) is 13.4. The summed E-state index contributed by atoms with van der Waals surface area (Å²) in [5.41, 5.74) is 0.872. The number of fused-ring (bicyclic) bond motifs is 1. The Hall–Kier alpha value is -1.45. The molecule has 2 rings (SSSR count). The zero-order chi connectivity index (χ0) is 9.26. The maximum atomic E-state index is 9.98. The molecule has 0 bridgehead atoms. The molecule has 0 saturated heterocycles. The molecule has 0 amide bonds. The van der Waals surface area contributed by atoms with Crippen LogP contribution in [0.4, 0.5) is 5.82 Å². The number of hydrogen-bond donors (Lipinski definition) is 0. The first-order valence-corrected chi connectivity index (χ1v) is 4.32. The van der Waals surface area contributed by atoms with E-state index in [1.54, 1.807) is 16.8 Å². The van der Waals surface area contributed by atoms with Crippen molar-refractivity contribution in [3.63, 3.8) is 0 Å². The summed E-state index contributed by atoms with van der Waals surface area (Å²) in [6.45, 7) is 0. The van der Waals surface area contributed by atoms with Crippen LogP contribution in [0.5, 0.6) is 0 Å². The normalized spacial score (nSPS) is 9.92. The quantitative estimate of drug-likeness (QED) is 0.563. The van der Waals surface area contributed by atoms with Crippen molar-refractivity contribution in [2.75, 3.05) is 0 Å². The van der Waals surface area contributed by atoms with Gasteiger partial charge in [0.15, 0.2) is 5.82 Å². The molecule has 13 heavy (non-hydrogen) atoms. The van der Waals surface area contributed by atoms with E-state index >= 15 is 0 Å². The van der Waals surface area contributed by atoms with Crippen molar-refractivity contribution in [3.8, 4) is 0 Å². The smallest absolute Gasteiger partial charge is 0.238 e. The Morgan fingerprint density at radius 3 is 3.15 bits per heavy atom. The van der Waals surface area contributed by atoms with E-state index in [1.807, 2.05) is 12.1 Å². The molecular weight excluding hydrogens is 234 g/mol. The fourth-order valence-corrected chi connectivity index (χ4v) is 1.52. The van der Waals surface area contributed by atoms with E-state index in [2.05, 4.69) is 26.0 Å². The average Bonchev–Trinajstić information content (AvgIpc) is 2.49. The van der Waals surface area contributed by atoms with Gasteiger partial charge >= 0.3 is 0 Å². The van der Waals surface area contributed by atoms with Crippen LogP contribution >= 0.6 is 15.9 Å². The Bertz CT molecular complexity index is 499. The average molecular weight is 238 g/mol. The van der Waals surface area contributed by atoms with Gasteiger partial charge in [-0.1, -0.05) is 0 Å². The van der Waals surface area contributed by atoms with Crippen molar-refractivity contribution in [3.05, 3.63) is 28.9 Å². The number of hydrogen-bond acceptors (Lipinski definition) is 3. The first-order valence-electron chi connectivity index (χ1n) is 3.53. The molecule has 0 aliphatic heterocycles. The zero-order valence-corrected chi connectivity index (χ0v) is 8.02. The zero-order valence-electron chi connectivity index (χ0n) is 6.44. The van der Waals surface area contributed by atoms with E-state index in [0.717, 1.165) is 9.99 Å². The SMILES string of the molecule is O=C=Nc1cc2c(Br)cccn2n1. The molecule has 4 nitrogen and oxygen atoms in total. The lowest BCUT2D eigenvalue weighted by molar-refractivity contribution is 0.565. The molecule has 0 fully saturated rings. The van der Waals surface area contributed by atoms with Gasteiger partial charge in [0.1, 0.15) is 0 Å². The standard InChI is InChI=1S/C8H4BrN3O/c9-6-2-1-3-12-7(6)4-8(11-12)10-5-13/h1-4H. The fourth-order valence-electron chi connectivity index (χ4n) is 1.07. The molecule has 2 heterocycles.